The van der Waals surface area contributed by atoms with E-state index >= 15 is 0 Å². The minimum absolute atomic E-state index is 0.0913. The van der Waals surface area contributed by atoms with Crippen LogP contribution in [0.1, 0.15) is 41.5 Å². The number of nitrogens with one attached hydrogen (secondary N) is 1. The van der Waals surface area contributed by atoms with Crippen molar-refractivity contribution >= 4 is 12.2 Å². The third-order valence-electron chi connectivity index (χ3n) is 5.66. The van der Waals surface area contributed by atoms with Crippen LogP contribution in [0.4, 0.5) is 4.79 Å². The van der Waals surface area contributed by atoms with Gasteiger partial charge < -0.3 is 10.1 Å². The van der Waals surface area contributed by atoms with E-state index in [2.05, 4.69) is 79.0 Å². The highest BCUT2D eigenvalue weighted by atomic mass is 16.5. The van der Waals surface area contributed by atoms with Gasteiger partial charge in [-0.15, -0.1) is 0 Å². The summed E-state index contributed by atoms with van der Waals surface area (Å²) in [7, 11) is 0. The Bertz CT molecular complexity index is 1010. The molecule has 0 radical (unpaired) electrons. The number of hydrogen-bond acceptors (Lipinski definition) is 2. The highest BCUT2D eigenvalue weighted by molar-refractivity contribution is 5.79. The summed E-state index contributed by atoms with van der Waals surface area (Å²) >= 11 is 0. The molecular weight excluding hydrogens is 370 g/mol. The monoisotopic (exact) mass is 397 g/mol. The molecule has 0 heterocycles. The number of rotatable bonds is 7. The van der Waals surface area contributed by atoms with Gasteiger partial charge >= 0.3 is 6.09 Å². The van der Waals surface area contributed by atoms with Gasteiger partial charge in [0, 0.05) is 12.5 Å². The zero-order valence-electron chi connectivity index (χ0n) is 17.3. The van der Waals surface area contributed by atoms with Crippen LogP contribution in [0.5, 0.6) is 0 Å². The van der Waals surface area contributed by atoms with Crippen molar-refractivity contribution in [1.82, 2.24) is 5.32 Å². The lowest BCUT2D eigenvalue weighted by atomic mass is 9.98. The van der Waals surface area contributed by atoms with E-state index in [4.69, 9.17) is 4.74 Å². The molecule has 0 bridgehead atoms. The Morgan fingerprint density at radius 3 is 2.27 bits per heavy atom. The molecule has 0 unspecified atom stereocenters. The number of fused-ring (bicyclic) bond motifs is 3. The Kier molecular flexibility index (Phi) is 6.29. The molecule has 4 rings (SSSR count). The molecule has 0 fully saturated rings. The molecule has 1 amide bonds. The molecule has 3 nitrogen and oxygen atoms in total. The Labute approximate surface area is 178 Å². The number of alkyl carbamates (subject to hydrolysis) is 1. The summed E-state index contributed by atoms with van der Waals surface area (Å²) in [5.41, 5.74) is 7.49. The molecule has 1 aliphatic carbocycles. The second-order valence-corrected chi connectivity index (χ2v) is 7.50. The highest BCUT2D eigenvalue weighted by Crippen LogP contribution is 2.44. The molecule has 3 aromatic rings. The molecule has 0 atom stereocenters. The predicted octanol–water partition coefficient (Wildman–Crippen LogP) is 6.19. The SMILES string of the molecule is CCc1ccccc1C=CCCNC(=O)OCC1c2ccccc2-c2ccccc21. The molecule has 0 spiro atoms. The predicted molar refractivity (Wildman–Crippen MR) is 123 cm³/mol. The number of aryl methyl sites for hydroxylation is 1. The number of carbonyl (C=O) groups excluding carboxylic acids is 1. The van der Waals surface area contributed by atoms with Gasteiger partial charge in [0.05, 0.1) is 0 Å². The molecule has 3 aromatic carbocycles. The van der Waals surface area contributed by atoms with Crippen LogP contribution in [0.15, 0.2) is 78.9 Å². The van der Waals surface area contributed by atoms with E-state index in [-0.39, 0.29) is 12.0 Å². The molecule has 0 saturated heterocycles. The Morgan fingerprint density at radius 1 is 0.933 bits per heavy atom. The van der Waals surface area contributed by atoms with Crippen LogP contribution >= 0.6 is 0 Å². The van der Waals surface area contributed by atoms with Gasteiger partial charge in [-0.25, -0.2) is 4.79 Å². The Balaban J connectivity index is 1.28. The van der Waals surface area contributed by atoms with Gasteiger partial charge in [-0.2, -0.15) is 0 Å². The smallest absolute Gasteiger partial charge is 0.407 e. The number of carbonyl (C=O) groups is 1. The number of hydrogen-bond donors (Lipinski definition) is 1. The molecule has 152 valence electrons. The van der Waals surface area contributed by atoms with Crippen LogP contribution in [0.25, 0.3) is 17.2 Å². The van der Waals surface area contributed by atoms with Crippen LogP contribution in [-0.4, -0.2) is 19.2 Å². The zero-order valence-corrected chi connectivity index (χ0v) is 17.3. The normalized spacial score (nSPS) is 12.6. The second kappa shape index (κ2) is 9.45. The van der Waals surface area contributed by atoms with E-state index in [0.717, 1.165) is 12.8 Å². The molecule has 1 aliphatic rings. The molecule has 1 N–H and O–H groups in total. The number of ether oxygens (including phenoxy) is 1. The zero-order chi connectivity index (χ0) is 20.8. The van der Waals surface area contributed by atoms with Crippen molar-refractivity contribution in [2.75, 3.05) is 13.2 Å². The summed E-state index contributed by atoms with van der Waals surface area (Å²) in [4.78, 5) is 12.2. The van der Waals surface area contributed by atoms with Gasteiger partial charge in [-0.05, 0) is 46.2 Å². The van der Waals surface area contributed by atoms with Crippen molar-refractivity contribution in [1.29, 1.82) is 0 Å². The quantitative estimate of drug-likeness (QED) is 0.483. The first kappa shape index (κ1) is 20.0. The number of benzene rings is 3. The highest BCUT2D eigenvalue weighted by Gasteiger charge is 2.28. The maximum absolute atomic E-state index is 12.2. The van der Waals surface area contributed by atoms with Crippen LogP contribution < -0.4 is 5.32 Å². The number of amides is 1. The van der Waals surface area contributed by atoms with Crippen LogP contribution in [0.2, 0.25) is 0 Å². The van der Waals surface area contributed by atoms with Crippen LogP contribution in [0, 0.1) is 0 Å². The van der Waals surface area contributed by atoms with Crippen LogP contribution in [0.3, 0.4) is 0 Å². The maximum Gasteiger partial charge on any atom is 0.407 e. The average molecular weight is 398 g/mol. The fourth-order valence-corrected chi connectivity index (χ4v) is 4.14. The summed E-state index contributed by atoms with van der Waals surface area (Å²) in [6, 6.07) is 25.1. The van der Waals surface area contributed by atoms with Crippen molar-refractivity contribution in [3.05, 3.63) is 101 Å². The summed E-state index contributed by atoms with van der Waals surface area (Å²) in [6.07, 6.45) is 5.64. The maximum atomic E-state index is 12.2. The van der Waals surface area contributed by atoms with E-state index in [1.165, 1.54) is 33.4 Å². The van der Waals surface area contributed by atoms with E-state index in [0.29, 0.717) is 13.2 Å². The van der Waals surface area contributed by atoms with E-state index in [1.54, 1.807) is 0 Å². The lowest BCUT2D eigenvalue weighted by Crippen LogP contribution is -2.26. The second-order valence-electron chi connectivity index (χ2n) is 7.50. The third kappa shape index (κ3) is 4.30. The van der Waals surface area contributed by atoms with Crippen molar-refractivity contribution < 1.29 is 9.53 Å². The Morgan fingerprint density at radius 2 is 1.57 bits per heavy atom. The molecule has 0 aromatic heterocycles. The lowest BCUT2D eigenvalue weighted by Gasteiger charge is -2.14. The first-order valence-corrected chi connectivity index (χ1v) is 10.6. The van der Waals surface area contributed by atoms with Gasteiger partial charge in [0.1, 0.15) is 6.61 Å². The average Bonchev–Trinajstić information content (AvgIpc) is 3.11. The van der Waals surface area contributed by atoms with Crippen molar-refractivity contribution in [2.45, 2.75) is 25.7 Å². The fraction of sp³-hybridized carbons (Fsp3) is 0.222. The summed E-state index contributed by atoms with van der Waals surface area (Å²) in [5.74, 6) is 0.0913. The summed E-state index contributed by atoms with van der Waals surface area (Å²) in [5, 5.41) is 2.86. The molecule has 0 aliphatic heterocycles. The first-order valence-electron chi connectivity index (χ1n) is 10.6. The molecule has 3 heteroatoms. The van der Waals surface area contributed by atoms with Crippen molar-refractivity contribution in [3.63, 3.8) is 0 Å². The fourth-order valence-electron chi connectivity index (χ4n) is 4.14. The lowest BCUT2D eigenvalue weighted by molar-refractivity contribution is 0.143. The standard InChI is InChI=1S/C27H27NO2/c1-2-20-11-3-4-12-21(20)13-9-10-18-28-27(29)30-19-26-24-16-7-5-14-22(24)23-15-6-8-17-25(23)26/h3-9,11-17,26H,2,10,18-19H2,1H3,(H,28,29). The summed E-state index contributed by atoms with van der Waals surface area (Å²) < 4.78 is 5.57. The molecule has 30 heavy (non-hydrogen) atoms. The van der Waals surface area contributed by atoms with Gasteiger partial charge in [-0.1, -0.05) is 91.9 Å². The van der Waals surface area contributed by atoms with E-state index < -0.39 is 0 Å². The van der Waals surface area contributed by atoms with E-state index in [9.17, 15) is 4.79 Å². The van der Waals surface area contributed by atoms with Crippen LogP contribution in [-0.2, 0) is 11.2 Å². The topological polar surface area (TPSA) is 38.3 Å². The first-order chi connectivity index (χ1) is 14.8. The minimum atomic E-state index is -0.362. The van der Waals surface area contributed by atoms with Crippen molar-refractivity contribution in [3.8, 4) is 11.1 Å². The van der Waals surface area contributed by atoms with Crippen molar-refractivity contribution in [2.24, 2.45) is 0 Å². The Hall–Kier alpha value is -3.33. The molecule has 0 saturated carbocycles. The third-order valence-corrected chi connectivity index (χ3v) is 5.66. The van der Waals surface area contributed by atoms with Gasteiger partial charge in [0.25, 0.3) is 0 Å². The van der Waals surface area contributed by atoms with Gasteiger partial charge in [-0.3, -0.25) is 0 Å². The van der Waals surface area contributed by atoms with Gasteiger partial charge in [0.2, 0.25) is 0 Å². The van der Waals surface area contributed by atoms with E-state index in [1.807, 2.05) is 18.2 Å². The minimum Gasteiger partial charge on any atom is -0.449 e. The largest absolute Gasteiger partial charge is 0.449 e. The summed E-state index contributed by atoms with van der Waals surface area (Å²) in [6.45, 7) is 3.06. The molecular formula is C27H27NO2. The van der Waals surface area contributed by atoms with Gasteiger partial charge in [0.15, 0.2) is 0 Å².